The average Bonchev–Trinajstić information content (AvgIpc) is 3.54. The summed E-state index contributed by atoms with van der Waals surface area (Å²) in [7, 11) is 0. The molecular formula is C25H28N6OS. The van der Waals surface area contributed by atoms with Crippen LogP contribution in [0.25, 0.3) is 16.7 Å². The number of para-hydroxylation sites is 1. The highest BCUT2D eigenvalue weighted by molar-refractivity contribution is 7.12. The molecule has 3 aromatic heterocycles. The van der Waals surface area contributed by atoms with E-state index in [4.69, 9.17) is 9.97 Å². The Hall–Kier alpha value is -3.26. The fourth-order valence-electron chi connectivity index (χ4n) is 4.37. The zero-order valence-electron chi connectivity index (χ0n) is 19.0. The van der Waals surface area contributed by atoms with Crippen molar-refractivity contribution in [3.05, 3.63) is 64.7 Å². The standard InChI is InChI=1S/C25H28N6OS/c1-3-8-18(2)22-27-23(20-17-26-31(24(20)28-22)19-9-5-4-6-10-19)29-12-14-30(15-13-29)25(32)21-11-7-16-33-21/h4-7,9-11,16-18H,3,8,12-15H2,1-2H3/t18-/m0/s1. The number of hydrogen-bond donors (Lipinski definition) is 0. The van der Waals surface area contributed by atoms with Crippen molar-refractivity contribution in [2.75, 3.05) is 31.1 Å². The van der Waals surface area contributed by atoms with E-state index in [1.807, 2.05) is 63.6 Å². The second-order valence-electron chi connectivity index (χ2n) is 8.48. The maximum Gasteiger partial charge on any atom is 0.264 e. The van der Waals surface area contributed by atoms with Crippen molar-refractivity contribution in [1.29, 1.82) is 0 Å². The van der Waals surface area contributed by atoms with E-state index in [0.717, 1.165) is 59.2 Å². The summed E-state index contributed by atoms with van der Waals surface area (Å²) in [4.78, 5) is 27.8. The molecule has 5 rings (SSSR count). The maximum absolute atomic E-state index is 12.8. The van der Waals surface area contributed by atoms with Crippen molar-refractivity contribution in [1.82, 2.24) is 24.6 Å². The van der Waals surface area contributed by atoms with Crippen LogP contribution in [0.1, 0.15) is 48.1 Å². The molecule has 1 aliphatic heterocycles. The van der Waals surface area contributed by atoms with E-state index in [0.29, 0.717) is 13.1 Å². The molecule has 0 saturated carbocycles. The Morgan fingerprint density at radius 3 is 2.55 bits per heavy atom. The van der Waals surface area contributed by atoms with E-state index in [2.05, 4.69) is 23.8 Å². The van der Waals surface area contributed by atoms with Crippen LogP contribution in [0.3, 0.4) is 0 Å². The van der Waals surface area contributed by atoms with Gasteiger partial charge in [0.15, 0.2) is 5.65 Å². The number of nitrogens with zero attached hydrogens (tertiary/aromatic N) is 6. The smallest absolute Gasteiger partial charge is 0.264 e. The number of carbonyl (C=O) groups is 1. The summed E-state index contributed by atoms with van der Waals surface area (Å²) in [5, 5.41) is 7.57. The minimum Gasteiger partial charge on any atom is -0.352 e. The minimum absolute atomic E-state index is 0.117. The Bertz CT molecular complexity index is 1230. The van der Waals surface area contributed by atoms with Crippen LogP contribution in [0.5, 0.6) is 0 Å². The Kier molecular flexibility index (Phi) is 6.09. The fourth-order valence-corrected chi connectivity index (χ4v) is 5.06. The predicted octanol–water partition coefficient (Wildman–Crippen LogP) is 4.74. The van der Waals surface area contributed by atoms with Gasteiger partial charge >= 0.3 is 0 Å². The fraction of sp³-hybridized carbons (Fsp3) is 0.360. The summed E-state index contributed by atoms with van der Waals surface area (Å²) in [5.41, 5.74) is 1.82. The van der Waals surface area contributed by atoms with E-state index in [-0.39, 0.29) is 11.8 Å². The Labute approximate surface area is 197 Å². The molecule has 0 aliphatic carbocycles. The quantitative estimate of drug-likeness (QED) is 0.416. The Morgan fingerprint density at radius 2 is 1.85 bits per heavy atom. The number of piperazine rings is 1. The molecule has 1 aromatic carbocycles. The van der Waals surface area contributed by atoms with E-state index in [9.17, 15) is 4.79 Å². The zero-order valence-corrected chi connectivity index (χ0v) is 19.8. The predicted molar refractivity (Wildman–Crippen MR) is 132 cm³/mol. The van der Waals surface area contributed by atoms with E-state index in [1.54, 1.807) is 0 Å². The second-order valence-corrected chi connectivity index (χ2v) is 9.43. The van der Waals surface area contributed by atoms with Gasteiger partial charge in [0.25, 0.3) is 5.91 Å². The third kappa shape index (κ3) is 4.23. The van der Waals surface area contributed by atoms with Gasteiger partial charge in [0.1, 0.15) is 11.6 Å². The molecule has 1 aliphatic rings. The maximum atomic E-state index is 12.8. The topological polar surface area (TPSA) is 67.2 Å². The molecule has 33 heavy (non-hydrogen) atoms. The van der Waals surface area contributed by atoms with Gasteiger partial charge in [0.05, 0.1) is 22.1 Å². The summed E-state index contributed by atoms with van der Waals surface area (Å²) in [6.07, 6.45) is 3.99. The van der Waals surface area contributed by atoms with Crippen molar-refractivity contribution in [2.45, 2.75) is 32.6 Å². The normalized spacial score (nSPS) is 15.2. The van der Waals surface area contributed by atoms with Gasteiger partial charge < -0.3 is 9.80 Å². The van der Waals surface area contributed by atoms with Crippen LogP contribution in [0.4, 0.5) is 5.82 Å². The van der Waals surface area contributed by atoms with Crippen LogP contribution in [0.15, 0.2) is 54.0 Å². The summed E-state index contributed by atoms with van der Waals surface area (Å²) in [6.45, 7) is 7.20. The first-order valence-corrected chi connectivity index (χ1v) is 12.4. The summed E-state index contributed by atoms with van der Waals surface area (Å²) >= 11 is 1.50. The van der Waals surface area contributed by atoms with E-state index in [1.165, 1.54) is 11.3 Å². The van der Waals surface area contributed by atoms with Crippen molar-refractivity contribution >= 4 is 34.1 Å². The van der Waals surface area contributed by atoms with E-state index < -0.39 is 0 Å². The molecule has 0 spiro atoms. The largest absolute Gasteiger partial charge is 0.352 e. The Morgan fingerprint density at radius 1 is 1.06 bits per heavy atom. The molecule has 0 bridgehead atoms. The number of rotatable bonds is 6. The molecule has 0 unspecified atom stereocenters. The summed E-state index contributed by atoms with van der Waals surface area (Å²) in [5.74, 6) is 2.16. The minimum atomic E-state index is 0.117. The number of anilines is 1. The molecule has 1 atom stereocenters. The average molecular weight is 461 g/mol. The van der Waals surface area contributed by atoms with Gasteiger partial charge in [-0.1, -0.05) is 44.5 Å². The van der Waals surface area contributed by atoms with E-state index >= 15 is 0 Å². The highest BCUT2D eigenvalue weighted by Gasteiger charge is 2.26. The molecule has 170 valence electrons. The summed E-state index contributed by atoms with van der Waals surface area (Å²) in [6, 6.07) is 13.9. The second kappa shape index (κ2) is 9.31. The number of aromatic nitrogens is 4. The third-order valence-electron chi connectivity index (χ3n) is 6.19. The molecule has 7 nitrogen and oxygen atoms in total. The third-order valence-corrected chi connectivity index (χ3v) is 7.05. The van der Waals surface area contributed by atoms with Crippen molar-refractivity contribution in [3.63, 3.8) is 0 Å². The number of benzene rings is 1. The van der Waals surface area contributed by atoms with Crippen molar-refractivity contribution < 1.29 is 4.79 Å². The van der Waals surface area contributed by atoms with Gasteiger partial charge in [-0.3, -0.25) is 4.79 Å². The molecule has 0 radical (unpaired) electrons. The van der Waals surface area contributed by atoms with Crippen LogP contribution in [-0.2, 0) is 0 Å². The van der Waals surface area contributed by atoms with Gasteiger partial charge in [0, 0.05) is 32.1 Å². The Balaban J connectivity index is 1.48. The zero-order chi connectivity index (χ0) is 22.8. The van der Waals surface area contributed by atoms with Crippen molar-refractivity contribution in [3.8, 4) is 5.69 Å². The number of hydrogen-bond acceptors (Lipinski definition) is 6. The SMILES string of the molecule is CCC[C@H](C)c1nc(N2CCN(C(=O)c3cccs3)CC2)c2cnn(-c3ccccc3)c2n1. The van der Waals surface area contributed by atoms with Gasteiger partial charge in [0.2, 0.25) is 0 Å². The van der Waals surface area contributed by atoms with Crippen molar-refractivity contribution in [2.24, 2.45) is 0 Å². The van der Waals surface area contributed by atoms with Crippen LogP contribution in [0.2, 0.25) is 0 Å². The van der Waals surface area contributed by atoms with Gasteiger partial charge in [-0.2, -0.15) is 5.10 Å². The van der Waals surface area contributed by atoms with Crippen LogP contribution >= 0.6 is 11.3 Å². The first-order chi connectivity index (χ1) is 16.2. The molecular weight excluding hydrogens is 432 g/mol. The molecule has 0 N–H and O–H groups in total. The molecule has 1 amide bonds. The first-order valence-electron chi connectivity index (χ1n) is 11.5. The van der Waals surface area contributed by atoms with Gasteiger partial charge in [-0.25, -0.2) is 14.6 Å². The monoisotopic (exact) mass is 460 g/mol. The molecule has 4 heterocycles. The highest BCUT2D eigenvalue weighted by atomic mass is 32.1. The highest BCUT2D eigenvalue weighted by Crippen LogP contribution is 2.30. The lowest BCUT2D eigenvalue weighted by Gasteiger charge is -2.35. The van der Waals surface area contributed by atoms with Gasteiger partial charge in [-0.15, -0.1) is 11.3 Å². The molecule has 1 saturated heterocycles. The number of carbonyl (C=O) groups excluding carboxylic acids is 1. The molecule has 1 fully saturated rings. The summed E-state index contributed by atoms with van der Waals surface area (Å²) < 4.78 is 1.90. The number of amides is 1. The number of thiophene rings is 1. The van der Waals surface area contributed by atoms with Crippen LogP contribution in [-0.4, -0.2) is 56.7 Å². The molecule has 8 heteroatoms. The first kappa shape index (κ1) is 21.6. The van der Waals surface area contributed by atoms with Crippen LogP contribution in [0, 0.1) is 0 Å². The van der Waals surface area contributed by atoms with Gasteiger partial charge in [-0.05, 0) is 30.0 Å². The molecule has 4 aromatic rings. The lowest BCUT2D eigenvalue weighted by Crippen LogP contribution is -2.49. The number of fused-ring (bicyclic) bond motifs is 1. The van der Waals surface area contributed by atoms with Crippen LogP contribution < -0.4 is 4.90 Å². The lowest BCUT2D eigenvalue weighted by molar-refractivity contribution is 0.0751. The lowest BCUT2D eigenvalue weighted by atomic mass is 10.1.